The first-order valence-electron chi connectivity index (χ1n) is 6.79. The molecule has 21 heavy (non-hydrogen) atoms. The van der Waals surface area contributed by atoms with Crippen LogP contribution in [0, 0.1) is 13.8 Å². The van der Waals surface area contributed by atoms with Gasteiger partial charge in [-0.1, -0.05) is 23.4 Å². The fraction of sp³-hybridized carbons (Fsp3) is 0.235. The summed E-state index contributed by atoms with van der Waals surface area (Å²) in [4.78, 5) is 0. The third kappa shape index (κ3) is 4.84. The van der Waals surface area contributed by atoms with Crippen LogP contribution in [0.2, 0.25) is 0 Å². The molecule has 1 N–H and O–H groups in total. The summed E-state index contributed by atoms with van der Waals surface area (Å²) in [6.45, 7) is 5.02. The van der Waals surface area contributed by atoms with Crippen molar-refractivity contribution >= 4 is 6.21 Å². The van der Waals surface area contributed by atoms with Crippen molar-refractivity contribution in [2.75, 3.05) is 13.2 Å². The Morgan fingerprint density at radius 1 is 0.952 bits per heavy atom. The Hall–Kier alpha value is -2.49. The maximum atomic E-state index is 8.50. The van der Waals surface area contributed by atoms with E-state index in [0.717, 1.165) is 17.1 Å². The highest BCUT2D eigenvalue weighted by atomic mass is 16.5. The van der Waals surface area contributed by atoms with Crippen LogP contribution in [-0.4, -0.2) is 24.6 Å². The number of nitrogens with zero attached hydrogens (tertiary/aromatic N) is 1. The van der Waals surface area contributed by atoms with Crippen LogP contribution in [0.25, 0.3) is 0 Å². The number of hydrogen-bond donors (Lipinski definition) is 1. The van der Waals surface area contributed by atoms with Gasteiger partial charge in [0, 0.05) is 0 Å². The molecule has 2 aromatic carbocycles. The quantitative estimate of drug-likeness (QED) is 0.382. The van der Waals surface area contributed by atoms with Crippen LogP contribution in [0.1, 0.15) is 16.7 Å². The first kappa shape index (κ1) is 14.9. The molecule has 0 bridgehead atoms. The second kappa shape index (κ2) is 7.33. The van der Waals surface area contributed by atoms with Crippen molar-refractivity contribution in [1.82, 2.24) is 0 Å². The molecule has 0 aliphatic carbocycles. The van der Waals surface area contributed by atoms with E-state index in [1.807, 2.05) is 44.2 Å². The molecule has 110 valence electrons. The van der Waals surface area contributed by atoms with Crippen LogP contribution in [0.5, 0.6) is 11.5 Å². The van der Waals surface area contributed by atoms with Crippen LogP contribution >= 0.6 is 0 Å². The Kier molecular flexibility index (Phi) is 5.21. The molecule has 0 atom stereocenters. The van der Waals surface area contributed by atoms with Crippen molar-refractivity contribution in [3.8, 4) is 11.5 Å². The van der Waals surface area contributed by atoms with E-state index in [-0.39, 0.29) is 0 Å². The van der Waals surface area contributed by atoms with Gasteiger partial charge in [0.1, 0.15) is 24.7 Å². The highest BCUT2D eigenvalue weighted by molar-refractivity contribution is 5.79. The van der Waals surface area contributed by atoms with Gasteiger partial charge in [-0.05, 0) is 54.8 Å². The van der Waals surface area contributed by atoms with Crippen LogP contribution < -0.4 is 9.47 Å². The van der Waals surface area contributed by atoms with Crippen molar-refractivity contribution in [3.05, 3.63) is 59.2 Å². The highest BCUT2D eigenvalue weighted by Crippen LogP contribution is 2.16. The van der Waals surface area contributed by atoms with Gasteiger partial charge in [-0.15, -0.1) is 0 Å². The fourth-order valence-electron chi connectivity index (χ4n) is 2.09. The normalized spacial score (nSPS) is 10.8. The van der Waals surface area contributed by atoms with Gasteiger partial charge in [-0.3, -0.25) is 0 Å². The maximum Gasteiger partial charge on any atom is 0.122 e. The smallest absolute Gasteiger partial charge is 0.122 e. The molecule has 0 fully saturated rings. The summed E-state index contributed by atoms with van der Waals surface area (Å²) in [5.74, 6) is 1.58. The molecule has 0 spiro atoms. The Morgan fingerprint density at radius 3 is 2.29 bits per heavy atom. The zero-order chi connectivity index (χ0) is 15.1. The van der Waals surface area contributed by atoms with Crippen molar-refractivity contribution in [2.24, 2.45) is 5.16 Å². The highest BCUT2D eigenvalue weighted by Gasteiger charge is 1.99. The lowest BCUT2D eigenvalue weighted by Gasteiger charge is -2.10. The van der Waals surface area contributed by atoms with E-state index in [9.17, 15) is 0 Å². The molecule has 0 aromatic heterocycles. The molecule has 2 aromatic rings. The third-order valence-electron chi connectivity index (χ3n) is 2.88. The van der Waals surface area contributed by atoms with Crippen LogP contribution in [-0.2, 0) is 0 Å². The van der Waals surface area contributed by atoms with Crippen molar-refractivity contribution in [1.29, 1.82) is 0 Å². The number of oxime groups is 1. The average molecular weight is 285 g/mol. The van der Waals surface area contributed by atoms with E-state index in [1.54, 1.807) is 6.07 Å². The van der Waals surface area contributed by atoms with E-state index < -0.39 is 0 Å². The maximum absolute atomic E-state index is 8.50. The molecule has 0 saturated heterocycles. The summed E-state index contributed by atoms with van der Waals surface area (Å²) in [5.41, 5.74) is 3.15. The average Bonchev–Trinajstić information content (AvgIpc) is 2.43. The van der Waals surface area contributed by atoms with Gasteiger partial charge in [0.25, 0.3) is 0 Å². The van der Waals surface area contributed by atoms with E-state index >= 15 is 0 Å². The van der Waals surface area contributed by atoms with Gasteiger partial charge in [0.2, 0.25) is 0 Å². The molecule has 4 heteroatoms. The SMILES string of the molecule is Cc1cc(C)cc(OCCOc2cccc(C=NO)c2)c1. The number of rotatable bonds is 6. The van der Waals surface area contributed by atoms with Crippen LogP contribution in [0.4, 0.5) is 0 Å². The molecule has 0 heterocycles. The summed E-state index contributed by atoms with van der Waals surface area (Å²) >= 11 is 0. The summed E-state index contributed by atoms with van der Waals surface area (Å²) in [6, 6.07) is 13.5. The molecule has 0 aliphatic rings. The van der Waals surface area contributed by atoms with Gasteiger partial charge < -0.3 is 14.7 Å². The first-order valence-corrected chi connectivity index (χ1v) is 6.79. The van der Waals surface area contributed by atoms with Crippen LogP contribution in [0.3, 0.4) is 0 Å². The Morgan fingerprint density at radius 2 is 1.62 bits per heavy atom. The molecule has 0 radical (unpaired) electrons. The van der Waals surface area contributed by atoms with Gasteiger partial charge in [0.15, 0.2) is 0 Å². The van der Waals surface area contributed by atoms with Crippen LogP contribution in [0.15, 0.2) is 47.6 Å². The largest absolute Gasteiger partial charge is 0.490 e. The number of aryl methyl sites for hydroxylation is 2. The molecule has 0 amide bonds. The van der Waals surface area contributed by atoms with Gasteiger partial charge in [0.05, 0.1) is 6.21 Å². The first-order chi connectivity index (χ1) is 10.2. The second-order valence-electron chi connectivity index (χ2n) is 4.84. The lowest BCUT2D eigenvalue weighted by molar-refractivity contribution is 0.217. The van der Waals surface area contributed by atoms with Crippen molar-refractivity contribution < 1.29 is 14.7 Å². The standard InChI is InChI=1S/C17H19NO3/c1-13-8-14(2)10-17(9-13)21-7-6-20-16-5-3-4-15(11-16)12-18-19/h3-5,8-12,19H,6-7H2,1-2H3. The van der Waals surface area contributed by atoms with Crippen molar-refractivity contribution in [2.45, 2.75) is 13.8 Å². The minimum atomic E-state index is 0.451. The monoisotopic (exact) mass is 285 g/mol. The zero-order valence-corrected chi connectivity index (χ0v) is 12.2. The molecule has 2 rings (SSSR count). The lowest BCUT2D eigenvalue weighted by Crippen LogP contribution is -2.09. The predicted octanol–water partition coefficient (Wildman–Crippen LogP) is 3.57. The Balaban J connectivity index is 1.83. The van der Waals surface area contributed by atoms with E-state index in [1.165, 1.54) is 17.3 Å². The van der Waals surface area contributed by atoms with Crippen molar-refractivity contribution in [3.63, 3.8) is 0 Å². The van der Waals surface area contributed by atoms with Gasteiger partial charge in [-0.2, -0.15) is 0 Å². The molecule has 0 saturated carbocycles. The van der Waals surface area contributed by atoms with Gasteiger partial charge in [-0.25, -0.2) is 0 Å². The summed E-state index contributed by atoms with van der Waals surface area (Å²) < 4.78 is 11.3. The minimum absolute atomic E-state index is 0.451. The summed E-state index contributed by atoms with van der Waals surface area (Å²) in [5, 5.41) is 11.5. The Labute approximate surface area is 124 Å². The second-order valence-corrected chi connectivity index (χ2v) is 4.84. The fourth-order valence-corrected chi connectivity index (χ4v) is 2.09. The summed E-state index contributed by atoms with van der Waals surface area (Å²) in [7, 11) is 0. The zero-order valence-electron chi connectivity index (χ0n) is 12.2. The predicted molar refractivity (Wildman–Crippen MR) is 82.7 cm³/mol. The molecule has 0 aliphatic heterocycles. The molecule has 0 unspecified atom stereocenters. The molecular weight excluding hydrogens is 266 g/mol. The topological polar surface area (TPSA) is 51.0 Å². The third-order valence-corrected chi connectivity index (χ3v) is 2.88. The Bertz CT molecular complexity index is 603. The molecular formula is C17H19NO3. The molecule has 4 nitrogen and oxygen atoms in total. The lowest BCUT2D eigenvalue weighted by atomic mass is 10.1. The van der Waals surface area contributed by atoms with E-state index in [0.29, 0.717) is 13.2 Å². The number of benzene rings is 2. The minimum Gasteiger partial charge on any atom is -0.490 e. The number of hydrogen-bond acceptors (Lipinski definition) is 4. The van der Waals surface area contributed by atoms with Gasteiger partial charge >= 0.3 is 0 Å². The summed E-state index contributed by atoms with van der Waals surface area (Å²) in [6.07, 6.45) is 1.36. The van der Waals surface area contributed by atoms with E-state index in [4.69, 9.17) is 14.7 Å². The van der Waals surface area contributed by atoms with E-state index in [2.05, 4.69) is 11.2 Å². The number of ether oxygens (including phenoxy) is 2.